The third-order valence-corrected chi connectivity index (χ3v) is 3.29. The van der Waals surface area contributed by atoms with E-state index in [1.54, 1.807) is 25.7 Å². The summed E-state index contributed by atoms with van der Waals surface area (Å²) in [6, 6.07) is 1.12. The zero-order valence-corrected chi connectivity index (χ0v) is 15.3. The number of nitrogens with zero attached hydrogens (tertiary/aromatic N) is 2. The van der Waals surface area contributed by atoms with Gasteiger partial charge in [0.25, 0.3) is 0 Å². The summed E-state index contributed by atoms with van der Waals surface area (Å²) in [4.78, 5) is 37.5. The van der Waals surface area contributed by atoms with Gasteiger partial charge in [0.1, 0.15) is 6.04 Å². The highest BCUT2D eigenvalue weighted by atomic mass is 16.5. The SMILES string of the molecule is CCOC(=O)CC(C(=O)OCC)N(CCCCC#N)CC(=O)OCC. The predicted octanol–water partition coefficient (Wildman–Crippen LogP) is 1.43. The summed E-state index contributed by atoms with van der Waals surface area (Å²) < 4.78 is 14.9. The molecule has 0 amide bonds. The first kappa shape index (κ1) is 22.9. The Kier molecular flexibility index (Phi) is 13.0. The van der Waals surface area contributed by atoms with E-state index in [0.717, 1.165) is 0 Å². The van der Waals surface area contributed by atoms with Gasteiger partial charge in [0, 0.05) is 6.42 Å². The van der Waals surface area contributed by atoms with Crippen molar-refractivity contribution >= 4 is 17.9 Å². The molecule has 0 aromatic carbocycles. The maximum Gasteiger partial charge on any atom is 0.323 e. The molecule has 0 radical (unpaired) electrons. The van der Waals surface area contributed by atoms with Crippen molar-refractivity contribution in [2.45, 2.75) is 52.5 Å². The van der Waals surface area contributed by atoms with E-state index in [2.05, 4.69) is 0 Å². The molecular weight excluding hydrogens is 328 g/mol. The van der Waals surface area contributed by atoms with Gasteiger partial charge in [-0.05, 0) is 40.2 Å². The molecular formula is C17H28N2O6. The number of hydrogen-bond donors (Lipinski definition) is 0. The van der Waals surface area contributed by atoms with Gasteiger partial charge >= 0.3 is 17.9 Å². The summed E-state index contributed by atoms with van der Waals surface area (Å²) in [6.45, 7) is 5.86. The van der Waals surface area contributed by atoms with Crippen molar-refractivity contribution in [1.82, 2.24) is 4.90 Å². The van der Waals surface area contributed by atoms with Crippen LogP contribution in [0.5, 0.6) is 0 Å². The van der Waals surface area contributed by atoms with E-state index in [1.807, 2.05) is 6.07 Å². The standard InChI is InChI=1S/C17H28N2O6/c1-4-23-15(20)12-14(17(22)25-6-3)19(11-9-7-8-10-18)13-16(21)24-5-2/h14H,4-9,11-13H2,1-3H3. The number of esters is 3. The van der Waals surface area contributed by atoms with Crippen LogP contribution >= 0.6 is 0 Å². The molecule has 0 aromatic heterocycles. The monoisotopic (exact) mass is 356 g/mol. The lowest BCUT2D eigenvalue weighted by Gasteiger charge is -2.28. The molecule has 0 N–H and O–H groups in total. The molecule has 8 nitrogen and oxygen atoms in total. The first-order valence-corrected chi connectivity index (χ1v) is 8.58. The second-order valence-electron chi connectivity index (χ2n) is 5.17. The second-order valence-corrected chi connectivity index (χ2v) is 5.17. The van der Waals surface area contributed by atoms with Gasteiger partial charge in [0.2, 0.25) is 0 Å². The van der Waals surface area contributed by atoms with Crippen LogP contribution in [0.15, 0.2) is 0 Å². The molecule has 0 fully saturated rings. The molecule has 1 atom stereocenters. The minimum absolute atomic E-state index is 0.136. The Hall–Kier alpha value is -2.14. The van der Waals surface area contributed by atoms with Crippen LogP contribution < -0.4 is 0 Å². The van der Waals surface area contributed by atoms with E-state index >= 15 is 0 Å². The molecule has 0 aliphatic heterocycles. The van der Waals surface area contributed by atoms with Crippen molar-refractivity contribution in [2.75, 3.05) is 32.9 Å². The quantitative estimate of drug-likeness (QED) is 0.277. The van der Waals surface area contributed by atoms with Gasteiger partial charge in [0.05, 0.1) is 38.9 Å². The van der Waals surface area contributed by atoms with Crippen LogP contribution in [0.2, 0.25) is 0 Å². The molecule has 0 saturated heterocycles. The van der Waals surface area contributed by atoms with E-state index < -0.39 is 23.9 Å². The number of carbonyl (C=O) groups excluding carboxylic acids is 3. The van der Waals surface area contributed by atoms with Crippen molar-refractivity contribution in [3.05, 3.63) is 0 Å². The summed E-state index contributed by atoms with van der Waals surface area (Å²) in [5, 5.41) is 8.62. The van der Waals surface area contributed by atoms with Crippen molar-refractivity contribution in [2.24, 2.45) is 0 Å². The summed E-state index contributed by atoms with van der Waals surface area (Å²) in [6.07, 6.45) is 1.41. The summed E-state index contributed by atoms with van der Waals surface area (Å²) in [5.41, 5.74) is 0. The topological polar surface area (TPSA) is 106 Å². The Bertz CT molecular complexity index is 461. The fourth-order valence-corrected chi connectivity index (χ4v) is 2.21. The van der Waals surface area contributed by atoms with Gasteiger partial charge in [0.15, 0.2) is 0 Å². The highest BCUT2D eigenvalue weighted by molar-refractivity contribution is 5.83. The van der Waals surface area contributed by atoms with Gasteiger partial charge in [-0.25, -0.2) is 0 Å². The first-order chi connectivity index (χ1) is 12.0. The van der Waals surface area contributed by atoms with Crippen LogP contribution in [0.4, 0.5) is 0 Å². The number of carbonyl (C=O) groups is 3. The van der Waals surface area contributed by atoms with E-state index in [0.29, 0.717) is 25.8 Å². The Morgan fingerprint density at radius 2 is 1.56 bits per heavy atom. The van der Waals surface area contributed by atoms with Crippen LogP contribution in [0.3, 0.4) is 0 Å². The second kappa shape index (κ2) is 14.2. The van der Waals surface area contributed by atoms with Crippen LogP contribution in [0.1, 0.15) is 46.5 Å². The smallest absolute Gasteiger partial charge is 0.323 e. The van der Waals surface area contributed by atoms with Crippen molar-refractivity contribution < 1.29 is 28.6 Å². The minimum atomic E-state index is -0.925. The highest BCUT2D eigenvalue weighted by Crippen LogP contribution is 2.11. The summed E-state index contributed by atoms with van der Waals surface area (Å²) in [7, 11) is 0. The molecule has 0 saturated carbocycles. The lowest BCUT2D eigenvalue weighted by molar-refractivity contribution is -0.158. The van der Waals surface area contributed by atoms with Gasteiger partial charge < -0.3 is 14.2 Å². The van der Waals surface area contributed by atoms with Crippen LogP contribution in [0, 0.1) is 11.3 Å². The number of rotatable bonds is 13. The Balaban J connectivity index is 5.16. The van der Waals surface area contributed by atoms with Crippen molar-refractivity contribution in [3.63, 3.8) is 0 Å². The third kappa shape index (κ3) is 10.4. The molecule has 0 bridgehead atoms. The lowest BCUT2D eigenvalue weighted by Crippen LogP contribution is -2.47. The normalized spacial score (nSPS) is 11.5. The lowest BCUT2D eigenvalue weighted by atomic mass is 10.1. The number of hydrogen-bond acceptors (Lipinski definition) is 8. The van der Waals surface area contributed by atoms with E-state index in [4.69, 9.17) is 19.5 Å². The summed E-state index contributed by atoms with van der Waals surface area (Å²) in [5.74, 6) is -1.60. The molecule has 0 aliphatic carbocycles. The molecule has 8 heteroatoms. The van der Waals surface area contributed by atoms with Crippen LogP contribution in [0.25, 0.3) is 0 Å². The van der Waals surface area contributed by atoms with Gasteiger partial charge in [-0.15, -0.1) is 0 Å². The largest absolute Gasteiger partial charge is 0.466 e. The molecule has 0 rings (SSSR count). The minimum Gasteiger partial charge on any atom is -0.466 e. The van der Waals surface area contributed by atoms with E-state index in [9.17, 15) is 14.4 Å². The average Bonchev–Trinajstić information content (AvgIpc) is 2.56. The van der Waals surface area contributed by atoms with Gasteiger partial charge in [-0.3, -0.25) is 19.3 Å². The molecule has 0 aromatic rings. The van der Waals surface area contributed by atoms with Gasteiger partial charge in [-0.2, -0.15) is 5.26 Å². The first-order valence-electron chi connectivity index (χ1n) is 8.58. The third-order valence-electron chi connectivity index (χ3n) is 3.29. The molecule has 0 aliphatic rings. The maximum atomic E-state index is 12.3. The van der Waals surface area contributed by atoms with Crippen LogP contribution in [-0.2, 0) is 28.6 Å². The Labute approximate surface area is 149 Å². The number of ether oxygens (including phenoxy) is 3. The maximum absolute atomic E-state index is 12.3. The molecule has 1 unspecified atom stereocenters. The average molecular weight is 356 g/mol. The molecule has 142 valence electrons. The zero-order chi connectivity index (χ0) is 19.1. The zero-order valence-electron chi connectivity index (χ0n) is 15.3. The van der Waals surface area contributed by atoms with E-state index in [-0.39, 0.29) is 32.8 Å². The molecule has 25 heavy (non-hydrogen) atoms. The Morgan fingerprint density at radius 1 is 0.960 bits per heavy atom. The van der Waals surface area contributed by atoms with E-state index in [1.165, 1.54) is 0 Å². The van der Waals surface area contributed by atoms with Gasteiger partial charge in [-0.1, -0.05) is 0 Å². The predicted molar refractivity (Wildman–Crippen MR) is 89.3 cm³/mol. The fourth-order valence-electron chi connectivity index (χ4n) is 2.21. The van der Waals surface area contributed by atoms with Crippen molar-refractivity contribution in [3.8, 4) is 6.07 Å². The highest BCUT2D eigenvalue weighted by Gasteiger charge is 2.31. The van der Waals surface area contributed by atoms with Crippen LogP contribution in [-0.4, -0.2) is 61.8 Å². The summed E-state index contributed by atoms with van der Waals surface area (Å²) >= 11 is 0. The fraction of sp³-hybridized carbons (Fsp3) is 0.765. The molecule has 0 spiro atoms. The van der Waals surface area contributed by atoms with Crippen molar-refractivity contribution in [1.29, 1.82) is 5.26 Å². The number of unbranched alkanes of at least 4 members (excludes halogenated alkanes) is 2. The molecule has 0 heterocycles. The number of nitriles is 1. The Morgan fingerprint density at radius 3 is 2.12 bits per heavy atom.